The SMILES string of the molecule is C=CCCC1=CCC(c2ccc3c(c2F)C(F)(F)C(F)(F)c2c-3ccc(OCC)c2F)CC1. The molecule has 0 aliphatic heterocycles. The highest BCUT2D eigenvalue weighted by molar-refractivity contribution is 5.77. The fraction of sp³-hybridized carbons (Fsp3) is 0.385. The molecular weight excluding hydrogens is 442 g/mol. The van der Waals surface area contributed by atoms with Gasteiger partial charge in [0.2, 0.25) is 0 Å². The molecule has 4 rings (SSSR count). The highest BCUT2D eigenvalue weighted by atomic mass is 19.3. The van der Waals surface area contributed by atoms with Crippen LogP contribution in [0.15, 0.2) is 48.6 Å². The summed E-state index contributed by atoms with van der Waals surface area (Å²) in [6, 6.07) is 4.74. The first-order chi connectivity index (χ1) is 15.6. The Hall–Kier alpha value is -2.70. The molecule has 0 radical (unpaired) electrons. The van der Waals surface area contributed by atoms with Crippen LogP contribution in [0.2, 0.25) is 0 Å². The lowest BCUT2D eigenvalue weighted by molar-refractivity contribution is -0.228. The van der Waals surface area contributed by atoms with Crippen LogP contribution in [0.4, 0.5) is 26.3 Å². The van der Waals surface area contributed by atoms with Crippen LogP contribution in [-0.4, -0.2) is 6.61 Å². The zero-order chi connectivity index (χ0) is 24.0. The van der Waals surface area contributed by atoms with Crippen LogP contribution in [-0.2, 0) is 11.8 Å². The highest BCUT2D eigenvalue weighted by Gasteiger charge is 2.65. The van der Waals surface area contributed by atoms with Crippen molar-refractivity contribution >= 4 is 0 Å². The highest BCUT2D eigenvalue weighted by Crippen LogP contribution is 2.60. The van der Waals surface area contributed by atoms with Gasteiger partial charge in [0.15, 0.2) is 11.6 Å². The summed E-state index contributed by atoms with van der Waals surface area (Å²) in [7, 11) is 0. The average Bonchev–Trinajstić information content (AvgIpc) is 2.78. The van der Waals surface area contributed by atoms with E-state index in [-0.39, 0.29) is 12.2 Å². The maximum absolute atomic E-state index is 15.5. The van der Waals surface area contributed by atoms with Crippen molar-refractivity contribution in [3.05, 3.63) is 76.9 Å². The molecule has 0 saturated heterocycles. The fourth-order valence-corrected chi connectivity index (χ4v) is 4.79. The van der Waals surface area contributed by atoms with Crippen LogP contribution in [0.25, 0.3) is 11.1 Å². The number of allylic oxidation sites excluding steroid dienone is 3. The van der Waals surface area contributed by atoms with Gasteiger partial charge in [-0.05, 0) is 73.8 Å². The fourth-order valence-electron chi connectivity index (χ4n) is 4.79. The molecule has 33 heavy (non-hydrogen) atoms. The lowest BCUT2D eigenvalue weighted by atomic mass is 9.76. The summed E-state index contributed by atoms with van der Waals surface area (Å²) in [5.41, 5.74) is -2.55. The molecule has 0 N–H and O–H groups in total. The molecule has 176 valence electrons. The summed E-state index contributed by atoms with van der Waals surface area (Å²) in [6.07, 6.45) is 7.05. The first-order valence-electron chi connectivity index (χ1n) is 11.0. The monoisotopic (exact) mass is 466 g/mol. The first kappa shape index (κ1) is 23.5. The number of hydrogen-bond acceptors (Lipinski definition) is 1. The molecule has 0 bridgehead atoms. The van der Waals surface area contributed by atoms with E-state index < -0.39 is 57.4 Å². The molecule has 1 atom stereocenters. The van der Waals surface area contributed by atoms with Gasteiger partial charge in [0.25, 0.3) is 0 Å². The lowest BCUT2D eigenvalue weighted by Gasteiger charge is -2.36. The molecular formula is C26H24F6O. The van der Waals surface area contributed by atoms with E-state index >= 15 is 22.0 Å². The number of hydrogen-bond donors (Lipinski definition) is 0. The van der Waals surface area contributed by atoms with Crippen molar-refractivity contribution in [1.82, 2.24) is 0 Å². The van der Waals surface area contributed by atoms with Crippen molar-refractivity contribution in [3.8, 4) is 16.9 Å². The van der Waals surface area contributed by atoms with Gasteiger partial charge in [-0.3, -0.25) is 0 Å². The Labute approximate surface area is 188 Å². The van der Waals surface area contributed by atoms with Crippen molar-refractivity contribution in [2.75, 3.05) is 6.61 Å². The van der Waals surface area contributed by atoms with E-state index in [1.54, 1.807) is 6.08 Å². The third-order valence-corrected chi connectivity index (χ3v) is 6.51. The van der Waals surface area contributed by atoms with E-state index in [9.17, 15) is 4.39 Å². The van der Waals surface area contributed by atoms with Gasteiger partial charge < -0.3 is 4.74 Å². The number of benzene rings is 2. The number of ether oxygens (including phenoxy) is 1. The minimum Gasteiger partial charge on any atom is -0.491 e. The Bertz CT molecular complexity index is 1120. The summed E-state index contributed by atoms with van der Waals surface area (Å²) in [4.78, 5) is 0. The molecule has 2 aromatic carbocycles. The van der Waals surface area contributed by atoms with Crippen molar-refractivity contribution in [3.63, 3.8) is 0 Å². The van der Waals surface area contributed by atoms with Crippen LogP contribution in [0.3, 0.4) is 0 Å². The maximum Gasteiger partial charge on any atom is 0.343 e. The van der Waals surface area contributed by atoms with Gasteiger partial charge in [0.1, 0.15) is 5.82 Å². The van der Waals surface area contributed by atoms with Gasteiger partial charge in [-0.15, -0.1) is 6.58 Å². The molecule has 2 aromatic rings. The summed E-state index contributed by atoms with van der Waals surface area (Å²) in [5.74, 6) is -13.7. The quantitative estimate of drug-likeness (QED) is 0.307. The molecule has 0 spiro atoms. The molecule has 1 nitrogen and oxygen atoms in total. The Morgan fingerprint density at radius 1 is 1.00 bits per heavy atom. The van der Waals surface area contributed by atoms with Crippen molar-refractivity contribution in [2.45, 2.75) is 56.8 Å². The van der Waals surface area contributed by atoms with Crippen LogP contribution < -0.4 is 4.74 Å². The maximum atomic E-state index is 15.5. The molecule has 0 aromatic heterocycles. The molecule has 0 amide bonds. The number of halogens is 6. The molecule has 0 heterocycles. The van der Waals surface area contributed by atoms with Crippen molar-refractivity contribution < 1.29 is 31.1 Å². The smallest absolute Gasteiger partial charge is 0.343 e. The minimum atomic E-state index is -4.95. The second kappa shape index (κ2) is 8.58. The summed E-state index contributed by atoms with van der Waals surface area (Å²) < 4.78 is 95.6. The van der Waals surface area contributed by atoms with Gasteiger partial charge >= 0.3 is 11.8 Å². The summed E-state index contributed by atoms with van der Waals surface area (Å²) >= 11 is 0. The Morgan fingerprint density at radius 2 is 1.64 bits per heavy atom. The molecule has 2 aliphatic carbocycles. The third kappa shape index (κ3) is 3.65. The van der Waals surface area contributed by atoms with E-state index in [4.69, 9.17) is 4.74 Å². The van der Waals surface area contributed by atoms with Gasteiger partial charge in [0, 0.05) is 0 Å². The predicted molar refractivity (Wildman–Crippen MR) is 115 cm³/mol. The van der Waals surface area contributed by atoms with E-state index in [1.165, 1.54) is 24.6 Å². The van der Waals surface area contributed by atoms with Crippen LogP contribution in [0, 0.1) is 11.6 Å². The Kier molecular flexibility index (Phi) is 6.10. The molecule has 0 fully saturated rings. The van der Waals surface area contributed by atoms with E-state index in [0.717, 1.165) is 25.0 Å². The van der Waals surface area contributed by atoms with E-state index in [2.05, 4.69) is 6.58 Å². The second-order valence-electron chi connectivity index (χ2n) is 8.43. The number of fused-ring (bicyclic) bond motifs is 3. The largest absolute Gasteiger partial charge is 0.491 e. The van der Waals surface area contributed by atoms with Gasteiger partial charge in [0.05, 0.1) is 17.7 Å². The van der Waals surface area contributed by atoms with E-state index in [0.29, 0.717) is 19.3 Å². The zero-order valence-corrected chi connectivity index (χ0v) is 18.2. The summed E-state index contributed by atoms with van der Waals surface area (Å²) in [5, 5.41) is 0. The van der Waals surface area contributed by atoms with Crippen molar-refractivity contribution in [2.24, 2.45) is 0 Å². The van der Waals surface area contributed by atoms with Gasteiger partial charge in [-0.25, -0.2) is 8.78 Å². The molecule has 2 aliphatic rings. The number of rotatable bonds is 6. The van der Waals surface area contributed by atoms with E-state index in [1.807, 2.05) is 6.08 Å². The Morgan fingerprint density at radius 3 is 2.21 bits per heavy atom. The predicted octanol–water partition coefficient (Wildman–Crippen LogP) is 8.39. The Balaban J connectivity index is 1.82. The normalized spacial score (nSPS) is 20.5. The minimum absolute atomic E-state index is 0.0156. The molecule has 1 unspecified atom stereocenters. The second-order valence-corrected chi connectivity index (χ2v) is 8.43. The van der Waals surface area contributed by atoms with Crippen molar-refractivity contribution in [1.29, 1.82) is 0 Å². The zero-order valence-electron chi connectivity index (χ0n) is 18.2. The lowest BCUT2D eigenvalue weighted by Crippen LogP contribution is -2.41. The topological polar surface area (TPSA) is 9.23 Å². The molecule has 0 saturated carbocycles. The molecule has 7 heteroatoms. The first-order valence-corrected chi connectivity index (χ1v) is 11.0. The standard InChI is InChI=1S/C26H24F6O/c1-3-5-6-15-7-9-16(10-8-15)17-11-12-18-19-13-14-20(33-4-2)24(28)22(19)26(31,32)25(29,30)21(18)23(17)27/h3,7,11-14,16H,1,4-6,8-10H2,2H3. The van der Waals surface area contributed by atoms with Crippen LogP contribution in [0.5, 0.6) is 5.75 Å². The third-order valence-electron chi connectivity index (χ3n) is 6.51. The van der Waals surface area contributed by atoms with Crippen LogP contribution in [0.1, 0.15) is 61.6 Å². The number of alkyl halides is 4. The van der Waals surface area contributed by atoms with Gasteiger partial charge in [-0.1, -0.05) is 29.9 Å². The summed E-state index contributed by atoms with van der Waals surface area (Å²) in [6.45, 7) is 5.17. The average molecular weight is 466 g/mol. The van der Waals surface area contributed by atoms with Crippen LogP contribution >= 0.6 is 0 Å². The van der Waals surface area contributed by atoms with Gasteiger partial charge in [-0.2, -0.15) is 17.6 Å².